The van der Waals surface area contributed by atoms with Crippen molar-refractivity contribution in [1.82, 2.24) is 0 Å². The van der Waals surface area contributed by atoms with Gasteiger partial charge in [-0.05, 0) is 38.5 Å². The second kappa shape index (κ2) is 38.6. The highest BCUT2D eigenvalue weighted by atomic mass is 16.7. The number of unbranched alkanes of at least 4 members (excludes halogenated alkanes) is 27. The molecular formula is C47H88O10. The van der Waals surface area contributed by atoms with Crippen molar-refractivity contribution >= 4 is 11.9 Å². The van der Waals surface area contributed by atoms with E-state index in [1.165, 1.54) is 148 Å². The molecule has 57 heavy (non-hydrogen) atoms. The van der Waals surface area contributed by atoms with Crippen molar-refractivity contribution < 1.29 is 49.0 Å². The first-order chi connectivity index (χ1) is 27.8. The lowest BCUT2D eigenvalue weighted by Crippen LogP contribution is -2.59. The summed E-state index contributed by atoms with van der Waals surface area (Å²) in [6.07, 6.45) is 33.7. The van der Waals surface area contributed by atoms with Crippen molar-refractivity contribution in [2.45, 2.75) is 256 Å². The predicted molar refractivity (Wildman–Crippen MR) is 229 cm³/mol. The summed E-state index contributed by atoms with van der Waals surface area (Å²) in [6, 6.07) is 0. The summed E-state index contributed by atoms with van der Waals surface area (Å²) in [5, 5.41) is 40.1. The molecule has 4 N–H and O–H groups in total. The third-order valence-corrected chi connectivity index (χ3v) is 11.2. The van der Waals surface area contributed by atoms with Crippen molar-refractivity contribution in [2.75, 3.05) is 19.8 Å². The van der Waals surface area contributed by atoms with Gasteiger partial charge in [0.2, 0.25) is 0 Å². The van der Waals surface area contributed by atoms with E-state index >= 15 is 0 Å². The van der Waals surface area contributed by atoms with Gasteiger partial charge >= 0.3 is 11.9 Å². The van der Waals surface area contributed by atoms with Gasteiger partial charge in [0.05, 0.1) is 13.2 Å². The molecule has 6 unspecified atom stereocenters. The molecule has 1 saturated heterocycles. The van der Waals surface area contributed by atoms with E-state index in [2.05, 4.69) is 26.0 Å². The molecule has 0 aliphatic carbocycles. The zero-order valence-corrected chi connectivity index (χ0v) is 36.6. The molecule has 0 aromatic rings. The SMILES string of the molecule is CCCCCCCCCC/C=C\CCCCCCCCCCCC(=O)OC(COC(=O)CCCCCCCCCCCCC)COC1OC(CO)C(O)C(O)C1O. The Hall–Kier alpha value is -1.56. The number of ether oxygens (including phenoxy) is 4. The van der Waals surface area contributed by atoms with Gasteiger partial charge in [-0.3, -0.25) is 9.59 Å². The third kappa shape index (κ3) is 30.2. The third-order valence-electron chi connectivity index (χ3n) is 11.2. The maximum Gasteiger partial charge on any atom is 0.306 e. The summed E-state index contributed by atoms with van der Waals surface area (Å²) in [5.41, 5.74) is 0. The minimum atomic E-state index is -1.59. The molecule has 1 fully saturated rings. The zero-order valence-electron chi connectivity index (χ0n) is 36.6. The molecule has 1 aliphatic heterocycles. The fraction of sp³-hybridized carbons (Fsp3) is 0.915. The van der Waals surface area contributed by atoms with E-state index in [9.17, 15) is 30.0 Å². The first-order valence-electron chi connectivity index (χ1n) is 23.8. The minimum absolute atomic E-state index is 0.213. The van der Waals surface area contributed by atoms with Crippen LogP contribution in [-0.4, -0.2) is 89.0 Å². The number of aliphatic hydroxyl groups excluding tert-OH is 4. The number of hydrogen-bond donors (Lipinski definition) is 4. The average molecular weight is 813 g/mol. The Morgan fingerprint density at radius 3 is 1.37 bits per heavy atom. The summed E-state index contributed by atoms with van der Waals surface area (Å²) in [6.45, 7) is 3.43. The van der Waals surface area contributed by atoms with E-state index in [0.29, 0.717) is 6.42 Å². The van der Waals surface area contributed by atoms with E-state index in [1.807, 2.05) is 0 Å². The topological polar surface area (TPSA) is 152 Å². The summed E-state index contributed by atoms with van der Waals surface area (Å²) < 4.78 is 22.2. The van der Waals surface area contributed by atoms with Crippen molar-refractivity contribution in [2.24, 2.45) is 0 Å². The van der Waals surface area contributed by atoms with Crippen molar-refractivity contribution in [1.29, 1.82) is 0 Å². The van der Waals surface area contributed by atoms with Crippen LogP contribution in [0.3, 0.4) is 0 Å². The maximum absolute atomic E-state index is 12.8. The van der Waals surface area contributed by atoms with Gasteiger partial charge in [0.15, 0.2) is 12.4 Å². The fourth-order valence-electron chi connectivity index (χ4n) is 7.36. The van der Waals surface area contributed by atoms with Gasteiger partial charge in [-0.25, -0.2) is 0 Å². The van der Waals surface area contributed by atoms with E-state index in [1.54, 1.807) is 0 Å². The summed E-state index contributed by atoms with van der Waals surface area (Å²) in [5.74, 6) is -0.799. The standard InChI is InChI=1S/C47H88O10/c1-3-5-7-9-11-13-15-16-17-18-19-20-21-22-23-24-26-28-30-32-34-36-43(50)56-40(39-55-47-46(53)45(52)44(51)41(37-48)57-47)38-54-42(49)35-33-31-29-27-25-14-12-10-8-6-4-2/h18-19,40-41,44-48,51-53H,3-17,20-39H2,1-2H3/b19-18-. The molecule has 0 spiro atoms. The van der Waals surface area contributed by atoms with Crippen LogP contribution in [-0.2, 0) is 28.5 Å². The van der Waals surface area contributed by atoms with E-state index in [0.717, 1.165) is 38.5 Å². The lowest BCUT2D eigenvalue weighted by molar-refractivity contribution is -0.305. The van der Waals surface area contributed by atoms with Gasteiger partial charge in [0, 0.05) is 12.8 Å². The molecule has 10 nitrogen and oxygen atoms in total. The smallest absolute Gasteiger partial charge is 0.306 e. The Kier molecular flexibility index (Phi) is 36.2. The number of carbonyl (C=O) groups excluding carboxylic acids is 2. The van der Waals surface area contributed by atoms with Crippen LogP contribution < -0.4 is 0 Å². The maximum atomic E-state index is 12.8. The monoisotopic (exact) mass is 813 g/mol. The first-order valence-corrected chi connectivity index (χ1v) is 23.8. The van der Waals surface area contributed by atoms with Crippen molar-refractivity contribution in [3.8, 4) is 0 Å². The average Bonchev–Trinajstić information content (AvgIpc) is 3.21. The number of esters is 2. The Balaban J connectivity index is 2.26. The molecule has 0 aromatic heterocycles. The molecule has 336 valence electrons. The van der Waals surface area contributed by atoms with Gasteiger partial charge in [-0.2, -0.15) is 0 Å². The van der Waals surface area contributed by atoms with Gasteiger partial charge in [0.25, 0.3) is 0 Å². The van der Waals surface area contributed by atoms with Crippen LogP contribution >= 0.6 is 0 Å². The summed E-state index contributed by atoms with van der Waals surface area (Å²) in [7, 11) is 0. The van der Waals surface area contributed by atoms with Crippen LogP contribution in [0.4, 0.5) is 0 Å². The fourth-order valence-corrected chi connectivity index (χ4v) is 7.36. The number of rotatable bonds is 40. The number of allylic oxidation sites excluding steroid dienone is 2. The van der Waals surface area contributed by atoms with Gasteiger partial charge in [0.1, 0.15) is 31.0 Å². The number of aliphatic hydroxyl groups is 4. The molecule has 1 aliphatic rings. The Morgan fingerprint density at radius 2 is 0.930 bits per heavy atom. The van der Waals surface area contributed by atoms with E-state index in [4.69, 9.17) is 18.9 Å². The molecular weight excluding hydrogens is 725 g/mol. The highest BCUT2D eigenvalue weighted by Gasteiger charge is 2.44. The van der Waals surface area contributed by atoms with Crippen LogP contribution in [0.5, 0.6) is 0 Å². The second-order valence-electron chi connectivity index (χ2n) is 16.6. The lowest BCUT2D eigenvalue weighted by Gasteiger charge is -2.39. The molecule has 0 amide bonds. The van der Waals surface area contributed by atoms with Crippen LogP contribution in [0.1, 0.15) is 219 Å². The Labute approximate surface area is 348 Å². The summed E-state index contributed by atoms with van der Waals surface area (Å²) >= 11 is 0. The summed E-state index contributed by atoms with van der Waals surface area (Å²) in [4.78, 5) is 25.3. The normalized spacial score (nSPS) is 20.3. The van der Waals surface area contributed by atoms with Crippen LogP contribution in [0.15, 0.2) is 12.2 Å². The lowest BCUT2D eigenvalue weighted by atomic mass is 9.99. The minimum Gasteiger partial charge on any atom is -0.462 e. The number of hydrogen-bond acceptors (Lipinski definition) is 10. The molecule has 0 aromatic carbocycles. The van der Waals surface area contributed by atoms with Crippen LogP contribution in [0.25, 0.3) is 0 Å². The van der Waals surface area contributed by atoms with Crippen LogP contribution in [0.2, 0.25) is 0 Å². The Morgan fingerprint density at radius 1 is 0.526 bits per heavy atom. The highest BCUT2D eigenvalue weighted by Crippen LogP contribution is 2.23. The largest absolute Gasteiger partial charge is 0.462 e. The quantitative estimate of drug-likeness (QED) is 0.0267. The number of carbonyl (C=O) groups is 2. The first kappa shape index (κ1) is 53.5. The van der Waals surface area contributed by atoms with E-state index < -0.39 is 49.4 Å². The molecule has 0 bridgehead atoms. The van der Waals surface area contributed by atoms with Gasteiger partial charge < -0.3 is 39.4 Å². The van der Waals surface area contributed by atoms with Gasteiger partial charge in [-0.15, -0.1) is 0 Å². The molecule has 1 heterocycles. The predicted octanol–water partition coefficient (Wildman–Crippen LogP) is 10.3. The zero-order chi connectivity index (χ0) is 41.6. The van der Waals surface area contributed by atoms with Gasteiger partial charge in [-0.1, -0.05) is 180 Å². The van der Waals surface area contributed by atoms with Crippen molar-refractivity contribution in [3.05, 3.63) is 12.2 Å². The highest BCUT2D eigenvalue weighted by molar-refractivity contribution is 5.70. The molecule has 0 saturated carbocycles. The Bertz CT molecular complexity index is 943. The molecule has 6 atom stereocenters. The molecule has 10 heteroatoms. The second-order valence-corrected chi connectivity index (χ2v) is 16.6. The molecule has 1 rings (SSSR count). The van der Waals surface area contributed by atoms with E-state index in [-0.39, 0.29) is 32.0 Å². The van der Waals surface area contributed by atoms with Crippen molar-refractivity contribution in [3.63, 3.8) is 0 Å². The molecule has 0 radical (unpaired) electrons. The van der Waals surface area contributed by atoms with Crippen LogP contribution in [0, 0.1) is 0 Å².